The molecule has 0 saturated heterocycles. The number of benzene rings is 4. The Morgan fingerprint density at radius 2 is 1.85 bits per heavy atom. The minimum absolute atomic E-state index is 0.194. The summed E-state index contributed by atoms with van der Waals surface area (Å²) in [5.41, 5.74) is 3.22. The topological polar surface area (TPSA) is 60.7 Å². The molecule has 0 unspecified atom stereocenters. The van der Waals surface area contributed by atoms with Crippen LogP contribution in [0.15, 0.2) is 72.8 Å². The highest BCUT2D eigenvalue weighted by atomic mass is 127. The van der Waals surface area contributed by atoms with Gasteiger partial charge in [-0.3, -0.25) is 0 Å². The van der Waals surface area contributed by atoms with Crippen LogP contribution in [0.3, 0.4) is 0 Å². The first-order chi connectivity index (χ1) is 16.7. The number of allylic oxidation sites excluding steroid dienone is 1. The lowest BCUT2D eigenvalue weighted by Gasteiger charge is -2.15. The molecule has 0 bridgehead atoms. The molecule has 168 valence electrons. The summed E-state index contributed by atoms with van der Waals surface area (Å²) in [6.07, 6.45) is 1.83. The maximum absolute atomic E-state index is 9.79. The Kier molecular flexibility index (Phi) is 6.28. The fraction of sp³-hybridized carbons (Fsp3) is 0.107. The van der Waals surface area contributed by atoms with Gasteiger partial charge in [0.05, 0.1) is 22.3 Å². The monoisotopic (exact) mass is 561 g/mol. The van der Waals surface area contributed by atoms with Crippen molar-refractivity contribution in [2.24, 2.45) is 0 Å². The number of ether oxygens (including phenoxy) is 4. The largest absolute Gasteiger partial charge is 0.493 e. The van der Waals surface area contributed by atoms with Crippen molar-refractivity contribution in [1.82, 2.24) is 0 Å². The van der Waals surface area contributed by atoms with Crippen molar-refractivity contribution >= 4 is 45.0 Å². The third kappa shape index (κ3) is 4.39. The van der Waals surface area contributed by atoms with Gasteiger partial charge in [-0.1, -0.05) is 42.5 Å². The average molecular weight is 561 g/mol. The molecule has 0 amide bonds. The SMILES string of the molecule is COc1cc(/C=C(/C#N)c2ccc3c(c2)OCO3)cc(I)c1OCc1cccc2ccccc12. The first-order valence-electron chi connectivity index (χ1n) is 10.6. The van der Waals surface area contributed by atoms with Gasteiger partial charge in [-0.05, 0) is 86.5 Å². The molecule has 0 aliphatic carbocycles. The molecule has 0 saturated carbocycles. The molecule has 5 rings (SSSR count). The van der Waals surface area contributed by atoms with Crippen molar-refractivity contribution in [2.45, 2.75) is 6.61 Å². The Morgan fingerprint density at radius 3 is 2.71 bits per heavy atom. The minimum atomic E-state index is 0.194. The fourth-order valence-corrected chi connectivity index (χ4v) is 4.72. The van der Waals surface area contributed by atoms with Crippen molar-refractivity contribution in [3.05, 3.63) is 93.1 Å². The van der Waals surface area contributed by atoms with Gasteiger partial charge in [0.1, 0.15) is 6.61 Å². The first-order valence-corrected chi connectivity index (χ1v) is 11.7. The maximum atomic E-state index is 9.79. The predicted octanol–water partition coefficient (Wildman–Crippen LogP) is 6.82. The van der Waals surface area contributed by atoms with Gasteiger partial charge in [0.25, 0.3) is 0 Å². The van der Waals surface area contributed by atoms with Gasteiger partial charge in [-0.25, -0.2) is 0 Å². The van der Waals surface area contributed by atoms with E-state index in [1.165, 1.54) is 10.8 Å². The molecule has 0 aromatic heterocycles. The number of hydrogen-bond acceptors (Lipinski definition) is 5. The van der Waals surface area contributed by atoms with E-state index in [1.807, 2.05) is 54.6 Å². The summed E-state index contributed by atoms with van der Waals surface area (Å²) in [5.74, 6) is 2.61. The fourth-order valence-electron chi connectivity index (χ4n) is 3.94. The quantitative estimate of drug-likeness (QED) is 0.147. The van der Waals surface area contributed by atoms with Crippen molar-refractivity contribution < 1.29 is 18.9 Å². The molecule has 1 aliphatic heterocycles. The summed E-state index contributed by atoms with van der Waals surface area (Å²) in [6.45, 7) is 0.615. The Morgan fingerprint density at radius 1 is 1.03 bits per heavy atom. The second-order valence-electron chi connectivity index (χ2n) is 7.70. The van der Waals surface area contributed by atoms with E-state index in [2.05, 4.69) is 52.9 Å². The Hall–Kier alpha value is -3.70. The molecule has 5 nitrogen and oxygen atoms in total. The minimum Gasteiger partial charge on any atom is -0.493 e. The van der Waals surface area contributed by atoms with Gasteiger partial charge in [-0.2, -0.15) is 5.26 Å². The Bertz CT molecular complexity index is 1450. The zero-order valence-corrected chi connectivity index (χ0v) is 20.5. The van der Waals surface area contributed by atoms with Crippen molar-refractivity contribution in [3.8, 4) is 29.1 Å². The van der Waals surface area contributed by atoms with Crippen molar-refractivity contribution in [3.63, 3.8) is 0 Å². The Labute approximate surface area is 211 Å². The number of halogens is 1. The van der Waals surface area contributed by atoms with Gasteiger partial charge in [0.2, 0.25) is 6.79 Å². The van der Waals surface area contributed by atoms with Crippen LogP contribution in [0.1, 0.15) is 16.7 Å². The lowest BCUT2D eigenvalue weighted by Crippen LogP contribution is -2.01. The molecular weight excluding hydrogens is 541 g/mol. The maximum Gasteiger partial charge on any atom is 0.231 e. The van der Waals surface area contributed by atoms with E-state index < -0.39 is 0 Å². The van der Waals surface area contributed by atoms with Crippen LogP contribution in [0.5, 0.6) is 23.0 Å². The zero-order chi connectivity index (χ0) is 23.5. The molecule has 0 N–H and O–H groups in total. The van der Waals surface area contributed by atoms with E-state index in [0.29, 0.717) is 35.2 Å². The molecule has 1 aliphatic rings. The smallest absolute Gasteiger partial charge is 0.231 e. The van der Waals surface area contributed by atoms with Gasteiger partial charge in [-0.15, -0.1) is 0 Å². The van der Waals surface area contributed by atoms with E-state index in [-0.39, 0.29) is 6.79 Å². The van der Waals surface area contributed by atoms with E-state index >= 15 is 0 Å². The van der Waals surface area contributed by atoms with Gasteiger partial charge < -0.3 is 18.9 Å². The van der Waals surface area contributed by atoms with Gasteiger partial charge in [0.15, 0.2) is 23.0 Å². The second kappa shape index (κ2) is 9.65. The standard InChI is InChI=1S/C28H20INO4/c1-31-27-13-18(11-22(15-30)20-9-10-25-26(14-20)34-17-33-25)12-24(29)28(27)32-16-21-7-4-6-19-5-2-3-8-23(19)21/h2-14H,16-17H2,1H3/b22-11-. The number of nitriles is 1. The van der Waals surface area contributed by atoms with Crippen molar-refractivity contribution in [1.29, 1.82) is 5.26 Å². The lowest BCUT2D eigenvalue weighted by molar-refractivity contribution is 0.174. The van der Waals surface area contributed by atoms with E-state index in [4.69, 9.17) is 18.9 Å². The lowest BCUT2D eigenvalue weighted by atomic mass is 10.0. The van der Waals surface area contributed by atoms with Crippen LogP contribution >= 0.6 is 22.6 Å². The molecule has 4 aromatic carbocycles. The molecule has 4 aromatic rings. The summed E-state index contributed by atoms with van der Waals surface area (Å²) >= 11 is 2.24. The molecule has 6 heteroatoms. The summed E-state index contributed by atoms with van der Waals surface area (Å²) < 4.78 is 23.6. The molecule has 0 spiro atoms. The molecule has 34 heavy (non-hydrogen) atoms. The number of methoxy groups -OCH3 is 1. The normalized spacial score (nSPS) is 12.4. The molecule has 0 fully saturated rings. The third-order valence-corrected chi connectivity index (χ3v) is 6.42. The van der Waals surface area contributed by atoms with Crippen LogP contribution in [0.25, 0.3) is 22.4 Å². The summed E-state index contributed by atoms with van der Waals surface area (Å²) in [6, 6.07) is 26.1. The van der Waals surface area contributed by atoms with Gasteiger partial charge in [0, 0.05) is 0 Å². The molecule has 1 heterocycles. The van der Waals surface area contributed by atoms with Crippen LogP contribution in [-0.4, -0.2) is 13.9 Å². The summed E-state index contributed by atoms with van der Waals surface area (Å²) in [7, 11) is 1.62. The highest BCUT2D eigenvalue weighted by molar-refractivity contribution is 14.1. The Balaban J connectivity index is 1.43. The first kappa shape index (κ1) is 22.1. The zero-order valence-electron chi connectivity index (χ0n) is 18.4. The number of rotatable bonds is 6. The van der Waals surface area contributed by atoms with Crippen LogP contribution in [-0.2, 0) is 6.61 Å². The highest BCUT2D eigenvalue weighted by Gasteiger charge is 2.16. The number of fused-ring (bicyclic) bond motifs is 2. The van der Waals surface area contributed by atoms with Crippen LogP contribution in [0.4, 0.5) is 0 Å². The van der Waals surface area contributed by atoms with E-state index in [0.717, 1.165) is 20.3 Å². The molecule has 0 radical (unpaired) electrons. The summed E-state index contributed by atoms with van der Waals surface area (Å²) in [5, 5.41) is 12.1. The number of hydrogen-bond donors (Lipinski definition) is 0. The van der Waals surface area contributed by atoms with Crippen LogP contribution < -0.4 is 18.9 Å². The molecule has 0 atom stereocenters. The average Bonchev–Trinajstić information content (AvgIpc) is 3.34. The van der Waals surface area contributed by atoms with Crippen LogP contribution in [0.2, 0.25) is 0 Å². The summed E-state index contributed by atoms with van der Waals surface area (Å²) in [4.78, 5) is 0. The van der Waals surface area contributed by atoms with Crippen LogP contribution in [0, 0.1) is 14.9 Å². The third-order valence-electron chi connectivity index (χ3n) is 5.62. The molecular formula is C28H20INO4. The van der Waals surface area contributed by atoms with E-state index in [1.54, 1.807) is 7.11 Å². The predicted molar refractivity (Wildman–Crippen MR) is 140 cm³/mol. The number of nitrogens with zero attached hydrogens (tertiary/aromatic N) is 1. The van der Waals surface area contributed by atoms with Gasteiger partial charge >= 0.3 is 0 Å². The second-order valence-corrected chi connectivity index (χ2v) is 8.86. The van der Waals surface area contributed by atoms with E-state index in [9.17, 15) is 5.26 Å². The highest BCUT2D eigenvalue weighted by Crippen LogP contribution is 2.37. The van der Waals surface area contributed by atoms with Crippen molar-refractivity contribution in [2.75, 3.05) is 13.9 Å².